The number of amides is 1. The summed E-state index contributed by atoms with van der Waals surface area (Å²) in [6, 6.07) is 5.87. The molecule has 0 saturated carbocycles. The summed E-state index contributed by atoms with van der Waals surface area (Å²) in [5.41, 5.74) is 2.89. The molecule has 1 N–H and O–H groups in total. The number of sulfone groups is 1. The molecule has 1 heterocycles. The summed E-state index contributed by atoms with van der Waals surface area (Å²) >= 11 is 1.43. The van der Waals surface area contributed by atoms with Crippen molar-refractivity contribution in [3.8, 4) is 0 Å². The van der Waals surface area contributed by atoms with E-state index in [2.05, 4.69) is 5.32 Å². The van der Waals surface area contributed by atoms with E-state index in [1.807, 2.05) is 44.1 Å². The van der Waals surface area contributed by atoms with Gasteiger partial charge in [0.25, 0.3) is 0 Å². The third-order valence-electron chi connectivity index (χ3n) is 3.64. The van der Waals surface area contributed by atoms with E-state index >= 15 is 0 Å². The average molecular weight is 342 g/mol. The molecule has 2 rings (SSSR count). The van der Waals surface area contributed by atoms with E-state index in [1.54, 1.807) is 0 Å². The first-order valence-corrected chi connectivity index (χ1v) is 10.0. The molecule has 1 aliphatic heterocycles. The third kappa shape index (κ3) is 4.64. The van der Waals surface area contributed by atoms with Gasteiger partial charge in [-0.25, -0.2) is 8.42 Å². The lowest BCUT2D eigenvalue weighted by atomic mass is 10.1. The highest BCUT2D eigenvalue weighted by Crippen LogP contribution is 2.25. The molecule has 1 aromatic rings. The van der Waals surface area contributed by atoms with Gasteiger partial charge in [-0.15, -0.1) is 11.8 Å². The summed E-state index contributed by atoms with van der Waals surface area (Å²) in [6.07, 6.45) is 0.650. The number of thioether (sulfide) groups is 1. The number of nitrogens with one attached hydrogen (secondary N) is 1. The van der Waals surface area contributed by atoms with Crippen LogP contribution in [-0.2, 0) is 14.6 Å². The molecule has 0 bridgehead atoms. The van der Waals surface area contributed by atoms with Crippen LogP contribution in [0.5, 0.6) is 0 Å². The van der Waals surface area contributed by atoms with Crippen LogP contribution in [0, 0.1) is 6.92 Å². The first-order valence-electron chi connectivity index (χ1n) is 7.17. The quantitative estimate of drug-likeness (QED) is 0.885. The number of aryl methyl sites for hydroxylation is 1. The monoisotopic (exact) mass is 342 g/mol. The lowest BCUT2D eigenvalue weighted by molar-refractivity contribution is -0.113. The zero-order chi connectivity index (χ0) is 16.3. The van der Waals surface area contributed by atoms with Gasteiger partial charge in [-0.3, -0.25) is 4.79 Å². The second kappa shape index (κ2) is 6.91. The second-order valence-electron chi connectivity index (χ2n) is 5.78. The van der Waals surface area contributed by atoms with Gasteiger partial charge in [0, 0.05) is 30.7 Å². The van der Waals surface area contributed by atoms with Gasteiger partial charge in [-0.05, 0) is 37.1 Å². The van der Waals surface area contributed by atoms with Gasteiger partial charge in [-0.2, -0.15) is 0 Å². The number of hydrogen-bond acceptors (Lipinski definition) is 5. The number of carbonyl (C=O) groups excluding carboxylic acids is 1. The van der Waals surface area contributed by atoms with Gasteiger partial charge in [-0.1, -0.05) is 0 Å². The highest BCUT2D eigenvalue weighted by molar-refractivity contribution is 8.02. The molecule has 1 fully saturated rings. The van der Waals surface area contributed by atoms with Gasteiger partial charge in [0.1, 0.15) is 0 Å². The highest BCUT2D eigenvalue weighted by atomic mass is 32.2. The van der Waals surface area contributed by atoms with Crippen molar-refractivity contribution < 1.29 is 13.2 Å². The number of rotatable bonds is 5. The minimum absolute atomic E-state index is 0.0490. The van der Waals surface area contributed by atoms with Crippen LogP contribution in [0.4, 0.5) is 11.4 Å². The molecule has 0 radical (unpaired) electrons. The Bertz CT molecular complexity index is 657. The fourth-order valence-corrected chi connectivity index (χ4v) is 5.78. The van der Waals surface area contributed by atoms with Crippen molar-refractivity contribution in [1.82, 2.24) is 0 Å². The molecule has 0 aliphatic carbocycles. The Labute approximate surface area is 136 Å². The van der Waals surface area contributed by atoms with Crippen molar-refractivity contribution in [3.05, 3.63) is 23.8 Å². The predicted molar refractivity (Wildman–Crippen MR) is 93.7 cm³/mol. The van der Waals surface area contributed by atoms with Crippen molar-refractivity contribution in [2.24, 2.45) is 0 Å². The minimum Gasteiger partial charge on any atom is -0.378 e. The molecule has 22 heavy (non-hydrogen) atoms. The van der Waals surface area contributed by atoms with Crippen LogP contribution in [0.1, 0.15) is 12.0 Å². The van der Waals surface area contributed by atoms with Crippen LogP contribution in [0.3, 0.4) is 0 Å². The van der Waals surface area contributed by atoms with E-state index in [4.69, 9.17) is 0 Å². The van der Waals surface area contributed by atoms with Crippen LogP contribution in [-0.4, -0.2) is 50.9 Å². The van der Waals surface area contributed by atoms with E-state index in [-0.39, 0.29) is 28.4 Å². The summed E-state index contributed by atoms with van der Waals surface area (Å²) in [5, 5.41) is 2.94. The van der Waals surface area contributed by atoms with Crippen molar-refractivity contribution in [1.29, 1.82) is 0 Å². The molecule has 0 spiro atoms. The molecule has 1 aliphatic rings. The zero-order valence-corrected chi connectivity index (χ0v) is 14.8. The van der Waals surface area contributed by atoms with Crippen molar-refractivity contribution in [2.75, 3.05) is 41.6 Å². The van der Waals surface area contributed by atoms with Crippen LogP contribution in [0.2, 0.25) is 0 Å². The first-order chi connectivity index (χ1) is 10.3. The van der Waals surface area contributed by atoms with E-state index in [0.717, 1.165) is 16.9 Å². The maximum atomic E-state index is 12.0. The van der Waals surface area contributed by atoms with Gasteiger partial charge in [0.2, 0.25) is 5.91 Å². The van der Waals surface area contributed by atoms with E-state index in [9.17, 15) is 13.2 Å². The summed E-state index contributed by atoms with van der Waals surface area (Å²) in [7, 11) is 1.06. The smallest absolute Gasteiger partial charge is 0.234 e. The number of carbonyl (C=O) groups is 1. The van der Waals surface area contributed by atoms with E-state index < -0.39 is 9.84 Å². The summed E-state index contributed by atoms with van der Waals surface area (Å²) < 4.78 is 22.8. The Morgan fingerprint density at radius 3 is 2.68 bits per heavy atom. The molecular weight excluding hydrogens is 320 g/mol. The summed E-state index contributed by atoms with van der Waals surface area (Å²) in [6.45, 7) is 1.96. The van der Waals surface area contributed by atoms with Crippen molar-refractivity contribution >= 4 is 38.9 Å². The fourth-order valence-electron chi connectivity index (χ4n) is 2.34. The average Bonchev–Trinajstić information content (AvgIpc) is 2.78. The van der Waals surface area contributed by atoms with E-state index in [1.165, 1.54) is 11.8 Å². The normalized spacial score (nSPS) is 19.9. The maximum Gasteiger partial charge on any atom is 0.234 e. The molecule has 1 saturated heterocycles. The molecule has 122 valence electrons. The molecule has 1 unspecified atom stereocenters. The van der Waals surface area contributed by atoms with Crippen LogP contribution in [0.15, 0.2) is 18.2 Å². The maximum absolute atomic E-state index is 12.0. The number of hydrogen-bond donors (Lipinski definition) is 1. The third-order valence-corrected chi connectivity index (χ3v) is 6.92. The summed E-state index contributed by atoms with van der Waals surface area (Å²) in [4.78, 5) is 14.0. The van der Waals surface area contributed by atoms with Crippen LogP contribution < -0.4 is 10.2 Å². The fraction of sp³-hybridized carbons (Fsp3) is 0.533. The predicted octanol–water partition coefficient (Wildman–Crippen LogP) is 1.92. The largest absolute Gasteiger partial charge is 0.378 e. The Kier molecular flexibility index (Phi) is 5.39. The number of nitrogens with zero attached hydrogens (tertiary/aromatic N) is 1. The Morgan fingerprint density at radius 1 is 1.41 bits per heavy atom. The van der Waals surface area contributed by atoms with Gasteiger partial charge in [0.15, 0.2) is 9.84 Å². The molecular formula is C15H22N2O3S2. The van der Waals surface area contributed by atoms with Crippen LogP contribution in [0.25, 0.3) is 0 Å². The Hall–Kier alpha value is -1.21. The molecule has 0 aromatic heterocycles. The summed E-state index contributed by atoms with van der Waals surface area (Å²) in [5.74, 6) is 0.642. The Morgan fingerprint density at radius 2 is 2.14 bits per heavy atom. The lowest BCUT2D eigenvalue weighted by Gasteiger charge is -2.15. The standard InChI is InChI=1S/C15H22N2O3S2/c1-11-8-12(17(2)3)4-5-14(11)16-15(18)9-21-13-6-7-22(19,20)10-13/h4-5,8,13H,6-7,9-10H2,1-3H3,(H,16,18). The molecule has 1 atom stereocenters. The Balaban J connectivity index is 1.87. The first kappa shape index (κ1) is 17.1. The topological polar surface area (TPSA) is 66.5 Å². The van der Waals surface area contributed by atoms with Gasteiger partial charge in [0.05, 0.1) is 17.3 Å². The molecule has 1 amide bonds. The SMILES string of the molecule is Cc1cc(N(C)C)ccc1NC(=O)CSC1CCS(=O)(=O)C1. The lowest BCUT2D eigenvalue weighted by Crippen LogP contribution is -2.18. The van der Waals surface area contributed by atoms with E-state index in [0.29, 0.717) is 6.42 Å². The minimum atomic E-state index is -2.88. The number of anilines is 2. The van der Waals surface area contributed by atoms with Crippen molar-refractivity contribution in [2.45, 2.75) is 18.6 Å². The molecule has 7 heteroatoms. The zero-order valence-electron chi connectivity index (χ0n) is 13.1. The number of benzene rings is 1. The highest BCUT2D eigenvalue weighted by Gasteiger charge is 2.28. The second-order valence-corrected chi connectivity index (χ2v) is 9.30. The van der Waals surface area contributed by atoms with Crippen molar-refractivity contribution in [3.63, 3.8) is 0 Å². The van der Waals surface area contributed by atoms with Gasteiger partial charge >= 0.3 is 0 Å². The van der Waals surface area contributed by atoms with Gasteiger partial charge < -0.3 is 10.2 Å². The molecule has 1 aromatic carbocycles. The molecule has 5 nitrogen and oxygen atoms in total. The van der Waals surface area contributed by atoms with Crippen LogP contribution >= 0.6 is 11.8 Å².